The summed E-state index contributed by atoms with van der Waals surface area (Å²) in [6, 6.07) is 10.6. The minimum absolute atomic E-state index is 0.0970. The number of hydrogen-bond donors (Lipinski definition) is 0. The molecule has 0 radical (unpaired) electrons. The third-order valence-corrected chi connectivity index (χ3v) is 5.53. The van der Waals surface area contributed by atoms with Crippen LogP contribution in [0.4, 0.5) is 5.69 Å². The number of fused-ring (bicyclic) bond motifs is 1. The van der Waals surface area contributed by atoms with Crippen molar-refractivity contribution in [3.8, 4) is 17.2 Å². The number of phosphoric ester groups is 1. The number of ether oxygens (including phenoxy) is 2. The molecule has 142 valence electrons. The summed E-state index contributed by atoms with van der Waals surface area (Å²) in [5, 5.41) is 10.7. The number of nitrogens with zero attached hydrogens (tertiary/aromatic N) is 1. The first kappa shape index (κ1) is 17.8. The van der Waals surface area contributed by atoms with Crippen molar-refractivity contribution in [1.29, 1.82) is 0 Å². The van der Waals surface area contributed by atoms with Crippen molar-refractivity contribution in [1.82, 2.24) is 0 Å². The fourth-order valence-corrected chi connectivity index (χ4v) is 4.21. The fourth-order valence-electron chi connectivity index (χ4n) is 2.80. The minimum Gasteiger partial charge on any atom is -0.486 e. The van der Waals surface area contributed by atoms with Crippen molar-refractivity contribution < 1.29 is 32.5 Å². The number of nitro groups is 1. The maximum absolute atomic E-state index is 12.8. The maximum Gasteiger partial charge on any atom is 0.530 e. The van der Waals surface area contributed by atoms with Gasteiger partial charge in [0.05, 0.1) is 17.6 Å². The van der Waals surface area contributed by atoms with Crippen LogP contribution in [0.1, 0.15) is 18.1 Å². The molecule has 4 rings (SSSR count). The van der Waals surface area contributed by atoms with E-state index in [1.165, 1.54) is 24.3 Å². The Morgan fingerprint density at radius 2 is 1.78 bits per heavy atom. The minimum atomic E-state index is -3.87. The van der Waals surface area contributed by atoms with Crippen LogP contribution in [0.2, 0.25) is 0 Å². The second kappa shape index (κ2) is 7.19. The number of nitro benzene ring substituents is 1. The zero-order valence-electron chi connectivity index (χ0n) is 14.1. The van der Waals surface area contributed by atoms with Crippen LogP contribution in [0.5, 0.6) is 17.2 Å². The summed E-state index contributed by atoms with van der Waals surface area (Å²) >= 11 is 0. The molecule has 9 nitrogen and oxygen atoms in total. The van der Waals surface area contributed by atoms with E-state index in [4.69, 9.17) is 23.0 Å². The van der Waals surface area contributed by atoms with Crippen molar-refractivity contribution >= 4 is 13.5 Å². The van der Waals surface area contributed by atoms with Gasteiger partial charge in [-0.1, -0.05) is 6.07 Å². The van der Waals surface area contributed by atoms with Gasteiger partial charge in [0.15, 0.2) is 11.5 Å². The summed E-state index contributed by atoms with van der Waals surface area (Å²) in [6.07, 6.45) is -0.00812. The standard InChI is InChI=1S/C17H16NO8P/c19-18(20)13-2-4-14(5-3-13)25-27(21)24-8-7-15(26-27)12-1-6-16-17(11-12)23-10-9-22-16/h1-6,11,15H,7-10H2/t15-,27-/m0/s1. The quantitative estimate of drug-likeness (QED) is 0.435. The Morgan fingerprint density at radius 3 is 2.52 bits per heavy atom. The first-order valence-electron chi connectivity index (χ1n) is 8.29. The predicted octanol–water partition coefficient (Wildman–Crippen LogP) is 4.03. The van der Waals surface area contributed by atoms with Crippen molar-refractivity contribution in [2.45, 2.75) is 12.5 Å². The highest BCUT2D eigenvalue weighted by molar-refractivity contribution is 7.49. The molecular weight excluding hydrogens is 377 g/mol. The lowest BCUT2D eigenvalue weighted by Gasteiger charge is -2.29. The first-order valence-corrected chi connectivity index (χ1v) is 9.75. The van der Waals surface area contributed by atoms with Crippen LogP contribution in [0.3, 0.4) is 0 Å². The second-order valence-electron chi connectivity index (χ2n) is 5.91. The van der Waals surface area contributed by atoms with Crippen LogP contribution in [0.15, 0.2) is 42.5 Å². The third kappa shape index (κ3) is 3.90. The number of hydrogen-bond acceptors (Lipinski definition) is 8. The molecule has 1 fully saturated rings. The van der Waals surface area contributed by atoms with Gasteiger partial charge < -0.3 is 14.0 Å². The Balaban J connectivity index is 1.50. The largest absolute Gasteiger partial charge is 0.530 e. The number of phosphoric acid groups is 1. The molecule has 1 saturated heterocycles. The van der Waals surface area contributed by atoms with E-state index in [0.717, 1.165) is 5.56 Å². The molecule has 2 aromatic rings. The third-order valence-electron chi connectivity index (χ3n) is 4.09. The van der Waals surface area contributed by atoms with Crippen LogP contribution >= 0.6 is 7.82 Å². The van der Waals surface area contributed by atoms with E-state index >= 15 is 0 Å². The number of benzene rings is 2. The van der Waals surface area contributed by atoms with Crippen molar-refractivity contribution in [3.05, 3.63) is 58.1 Å². The Kier molecular flexibility index (Phi) is 4.73. The molecule has 0 bridgehead atoms. The maximum atomic E-state index is 12.8. The highest BCUT2D eigenvalue weighted by Crippen LogP contribution is 2.57. The average Bonchev–Trinajstić information content (AvgIpc) is 2.68. The highest BCUT2D eigenvalue weighted by atomic mass is 31.2. The second-order valence-corrected chi connectivity index (χ2v) is 7.45. The molecule has 0 aliphatic carbocycles. The summed E-state index contributed by atoms with van der Waals surface area (Å²) in [5.74, 6) is 1.43. The molecule has 2 aliphatic rings. The van der Waals surface area contributed by atoms with Crippen molar-refractivity contribution in [2.24, 2.45) is 0 Å². The molecule has 2 atom stereocenters. The molecule has 10 heteroatoms. The molecule has 27 heavy (non-hydrogen) atoms. The molecule has 0 saturated carbocycles. The predicted molar refractivity (Wildman–Crippen MR) is 93.2 cm³/mol. The first-order chi connectivity index (χ1) is 13.0. The van der Waals surface area contributed by atoms with Gasteiger partial charge in [-0.15, -0.1) is 0 Å². The molecule has 2 aliphatic heterocycles. The van der Waals surface area contributed by atoms with Gasteiger partial charge in [0, 0.05) is 18.6 Å². The average molecular weight is 393 g/mol. The Bertz CT molecular complexity index is 900. The lowest BCUT2D eigenvalue weighted by Crippen LogP contribution is -2.18. The van der Waals surface area contributed by atoms with Crippen LogP contribution in [-0.2, 0) is 13.6 Å². The van der Waals surface area contributed by atoms with E-state index in [2.05, 4.69) is 0 Å². The van der Waals surface area contributed by atoms with E-state index < -0.39 is 18.8 Å². The monoisotopic (exact) mass is 393 g/mol. The van der Waals surface area contributed by atoms with Gasteiger partial charge in [-0.2, -0.15) is 0 Å². The molecule has 0 N–H and O–H groups in total. The topological polar surface area (TPSA) is 106 Å². The zero-order chi connectivity index (χ0) is 18.9. The van der Waals surface area contributed by atoms with Crippen LogP contribution in [0, 0.1) is 10.1 Å². The Labute approximate surface area is 154 Å². The Hall–Kier alpha value is -2.61. The smallest absolute Gasteiger partial charge is 0.486 e. The van der Waals surface area contributed by atoms with Gasteiger partial charge >= 0.3 is 7.82 Å². The lowest BCUT2D eigenvalue weighted by molar-refractivity contribution is -0.384. The van der Waals surface area contributed by atoms with E-state index in [0.29, 0.717) is 31.1 Å². The lowest BCUT2D eigenvalue weighted by atomic mass is 10.1. The fraction of sp³-hybridized carbons (Fsp3) is 0.294. The summed E-state index contributed by atoms with van der Waals surface area (Å²) < 4.78 is 40.1. The van der Waals surface area contributed by atoms with Gasteiger partial charge in [0.2, 0.25) is 0 Å². The van der Waals surface area contributed by atoms with Crippen LogP contribution < -0.4 is 14.0 Å². The molecule has 0 aromatic heterocycles. The van der Waals surface area contributed by atoms with Crippen molar-refractivity contribution in [3.63, 3.8) is 0 Å². The Morgan fingerprint density at radius 1 is 1.04 bits per heavy atom. The highest BCUT2D eigenvalue weighted by Gasteiger charge is 2.38. The van der Waals surface area contributed by atoms with Gasteiger partial charge in [0.1, 0.15) is 19.0 Å². The summed E-state index contributed by atoms with van der Waals surface area (Å²) in [7, 11) is -3.87. The van der Waals surface area contributed by atoms with E-state index in [1.807, 2.05) is 6.07 Å². The molecule has 2 heterocycles. The van der Waals surface area contributed by atoms with Gasteiger partial charge in [-0.3, -0.25) is 19.2 Å². The molecule has 0 spiro atoms. The number of rotatable bonds is 4. The van der Waals surface area contributed by atoms with Crippen LogP contribution in [0.25, 0.3) is 0 Å². The van der Waals surface area contributed by atoms with E-state index in [-0.39, 0.29) is 18.0 Å². The normalized spacial score (nSPS) is 24.2. The van der Waals surface area contributed by atoms with E-state index in [9.17, 15) is 14.7 Å². The molecular formula is C17H16NO8P. The molecule has 0 unspecified atom stereocenters. The van der Waals surface area contributed by atoms with Gasteiger partial charge in [-0.25, -0.2) is 4.57 Å². The van der Waals surface area contributed by atoms with E-state index in [1.54, 1.807) is 12.1 Å². The molecule has 0 amide bonds. The van der Waals surface area contributed by atoms with Crippen LogP contribution in [-0.4, -0.2) is 24.7 Å². The number of non-ortho nitro benzene ring substituents is 1. The molecule has 2 aromatic carbocycles. The van der Waals surface area contributed by atoms with Crippen molar-refractivity contribution in [2.75, 3.05) is 19.8 Å². The van der Waals surface area contributed by atoms with Gasteiger partial charge in [-0.05, 0) is 29.8 Å². The zero-order valence-corrected chi connectivity index (χ0v) is 15.0. The summed E-state index contributed by atoms with van der Waals surface area (Å²) in [6.45, 7) is 1.15. The SMILES string of the molecule is O=[N+]([O-])c1ccc(O[P@]2(=O)OCC[C@@H](c3ccc4c(c3)OCCO4)O2)cc1. The summed E-state index contributed by atoms with van der Waals surface area (Å²) in [4.78, 5) is 10.2. The van der Waals surface area contributed by atoms with Gasteiger partial charge in [0.25, 0.3) is 5.69 Å². The summed E-state index contributed by atoms with van der Waals surface area (Å²) in [5.41, 5.74) is 0.676.